The van der Waals surface area contributed by atoms with E-state index in [1.807, 2.05) is 0 Å². The van der Waals surface area contributed by atoms with E-state index in [1.54, 1.807) is 0 Å². The SMILES string of the molecule is O=C(COC(=O)c1c(Cl)ccc(Cl)c1Cl)NC1CC1. The van der Waals surface area contributed by atoms with Gasteiger partial charge < -0.3 is 10.1 Å². The molecule has 19 heavy (non-hydrogen) atoms. The fourth-order valence-corrected chi connectivity index (χ4v) is 2.10. The number of hydrogen-bond donors (Lipinski definition) is 1. The van der Waals surface area contributed by atoms with E-state index >= 15 is 0 Å². The van der Waals surface area contributed by atoms with Gasteiger partial charge in [0.15, 0.2) is 6.61 Å². The molecule has 2 rings (SSSR count). The van der Waals surface area contributed by atoms with Crippen LogP contribution in [0.4, 0.5) is 0 Å². The third-order valence-corrected chi connectivity index (χ3v) is 3.64. The van der Waals surface area contributed by atoms with Crippen LogP contribution >= 0.6 is 34.8 Å². The second-order valence-corrected chi connectivity index (χ2v) is 5.33. The zero-order valence-electron chi connectivity index (χ0n) is 9.71. The Balaban J connectivity index is 1.99. The molecule has 0 saturated heterocycles. The van der Waals surface area contributed by atoms with Crippen LogP contribution in [-0.4, -0.2) is 24.5 Å². The highest BCUT2D eigenvalue weighted by molar-refractivity contribution is 6.46. The largest absolute Gasteiger partial charge is 0.452 e. The Morgan fingerprint density at radius 3 is 2.47 bits per heavy atom. The Morgan fingerprint density at radius 1 is 1.21 bits per heavy atom. The van der Waals surface area contributed by atoms with Crippen LogP contribution in [0.15, 0.2) is 12.1 Å². The van der Waals surface area contributed by atoms with Gasteiger partial charge in [-0.2, -0.15) is 0 Å². The van der Waals surface area contributed by atoms with Crippen molar-refractivity contribution in [3.05, 3.63) is 32.8 Å². The molecule has 1 aliphatic carbocycles. The maximum absolute atomic E-state index is 11.8. The van der Waals surface area contributed by atoms with Crippen molar-refractivity contribution in [3.63, 3.8) is 0 Å². The predicted molar refractivity (Wildman–Crippen MR) is 72.9 cm³/mol. The predicted octanol–water partition coefficient (Wildman–Crippen LogP) is 3.08. The molecule has 0 aliphatic heterocycles. The van der Waals surface area contributed by atoms with Crippen LogP contribution in [0.1, 0.15) is 23.2 Å². The first-order valence-corrected chi connectivity index (χ1v) is 6.72. The molecule has 0 aromatic heterocycles. The number of halogens is 3. The van der Waals surface area contributed by atoms with Crippen LogP contribution in [0, 0.1) is 0 Å². The molecule has 1 amide bonds. The Kier molecular flexibility index (Phi) is 4.55. The highest BCUT2D eigenvalue weighted by Gasteiger charge is 2.24. The Labute approximate surface area is 125 Å². The third kappa shape index (κ3) is 3.75. The maximum Gasteiger partial charge on any atom is 0.341 e. The normalized spacial score (nSPS) is 14.1. The van der Waals surface area contributed by atoms with Crippen molar-refractivity contribution in [1.82, 2.24) is 5.32 Å². The lowest BCUT2D eigenvalue weighted by molar-refractivity contribution is -0.124. The number of carbonyl (C=O) groups is 2. The maximum atomic E-state index is 11.8. The number of benzene rings is 1. The number of ether oxygens (including phenoxy) is 1. The molecule has 0 spiro atoms. The van der Waals surface area contributed by atoms with E-state index in [2.05, 4.69) is 5.32 Å². The summed E-state index contributed by atoms with van der Waals surface area (Å²) in [6, 6.07) is 3.13. The van der Waals surface area contributed by atoms with Gasteiger partial charge in [0.2, 0.25) is 0 Å². The number of amides is 1. The smallest absolute Gasteiger partial charge is 0.341 e. The molecule has 0 atom stereocenters. The molecule has 0 unspecified atom stereocenters. The van der Waals surface area contributed by atoms with Gasteiger partial charge in [-0.15, -0.1) is 0 Å². The molecule has 1 fully saturated rings. The van der Waals surface area contributed by atoms with E-state index in [0.717, 1.165) is 12.8 Å². The van der Waals surface area contributed by atoms with Gasteiger partial charge in [0.25, 0.3) is 5.91 Å². The van der Waals surface area contributed by atoms with Crippen LogP contribution in [0.3, 0.4) is 0 Å². The number of rotatable bonds is 4. The molecule has 0 heterocycles. The van der Waals surface area contributed by atoms with E-state index in [4.69, 9.17) is 39.5 Å². The monoisotopic (exact) mass is 321 g/mol. The van der Waals surface area contributed by atoms with Crippen LogP contribution in [0.25, 0.3) is 0 Å². The zero-order valence-corrected chi connectivity index (χ0v) is 12.0. The molecule has 1 aromatic carbocycles. The first kappa shape index (κ1) is 14.4. The van der Waals surface area contributed by atoms with Crippen LogP contribution < -0.4 is 5.32 Å². The molecule has 0 bridgehead atoms. The fourth-order valence-electron chi connectivity index (χ4n) is 1.41. The average Bonchev–Trinajstić information content (AvgIpc) is 3.16. The van der Waals surface area contributed by atoms with Gasteiger partial charge in [0.05, 0.1) is 20.6 Å². The first-order chi connectivity index (χ1) is 8.99. The summed E-state index contributed by atoms with van der Waals surface area (Å²) in [5.74, 6) is -1.12. The fraction of sp³-hybridized carbons (Fsp3) is 0.333. The van der Waals surface area contributed by atoms with Crippen LogP contribution in [-0.2, 0) is 9.53 Å². The van der Waals surface area contributed by atoms with E-state index in [1.165, 1.54) is 12.1 Å². The molecule has 1 aliphatic rings. The number of hydrogen-bond acceptors (Lipinski definition) is 3. The summed E-state index contributed by atoms with van der Waals surface area (Å²) in [6.45, 7) is -0.367. The third-order valence-electron chi connectivity index (χ3n) is 2.52. The molecular weight excluding hydrogens is 312 g/mol. The molecule has 0 radical (unpaired) electrons. The Hall–Kier alpha value is -0.970. The summed E-state index contributed by atoms with van der Waals surface area (Å²) < 4.78 is 4.86. The molecule has 1 saturated carbocycles. The molecule has 102 valence electrons. The van der Waals surface area contributed by atoms with E-state index in [0.29, 0.717) is 0 Å². The highest BCUT2D eigenvalue weighted by atomic mass is 35.5. The Morgan fingerprint density at radius 2 is 1.84 bits per heavy atom. The molecule has 7 heteroatoms. The summed E-state index contributed by atoms with van der Waals surface area (Å²) in [5.41, 5.74) is -0.0324. The van der Waals surface area contributed by atoms with Gasteiger partial charge in [-0.3, -0.25) is 4.79 Å². The van der Waals surface area contributed by atoms with E-state index < -0.39 is 5.97 Å². The minimum atomic E-state index is -0.775. The molecule has 4 nitrogen and oxygen atoms in total. The standard InChI is InChI=1S/C12H10Cl3NO3/c13-7-3-4-8(14)11(15)10(7)12(18)19-5-9(17)16-6-1-2-6/h3-4,6H,1-2,5H2,(H,16,17). The van der Waals surface area contributed by atoms with E-state index in [-0.39, 0.29) is 39.2 Å². The summed E-state index contributed by atoms with van der Waals surface area (Å²) in [5, 5.41) is 3.03. The van der Waals surface area contributed by atoms with Gasteiger partial charge in [-0.1, -0.05) is 34.8 Å². The summed E-state index contributed by atoms with van der Waals surface area (Å²) in [7, 11) is 0. The average molecular weight is 323 g/mol. The van der Waals surface area contributed by atoms with E-state index in [9.17, 15) is 9.59 Å². The van der Waals surface area contributed by atoms with Crippen molar-refractivity contribution in [2.75, 3.05) is 6.61 Å². The van der Waals surface area contributed by atoms with Gasteiger partial charge in [-0.05, 0) is 25.0 Å². The summed E-state index contributed by atoms with van der Waals surface area (Å²) in [4.78, 5) is 23.2. The second kappa shape index (κ2) is 5.99. The minimum Gasteiger partial charge on any atom is -0.452 e. The summed E-state index contributed by atoms with van der Waals surface area (Å²) in [6.07, 6.45) is 1.93. The first-order valence-electron chi connectivity index (χ1n) is 5.59. The molecule has 1 aromatic rings. The zero-order chi connectivity index (χ0) is 14.0. The lowest BCUT2D eigenvalue weighted by Gasteiger charge is -2.09. The van der Waals surface area contributed by atoms with Crippen molar-refractivity contribution >= 4 is 46.7 Å². The highest BCUT2D eigenvalue weighted by Crippen LogP contribution is 2.31. The van der Waals surface area contributed by atoms with Gasteiger partial charge in [-0.25, -0.2) is 4.79 Å². The summed E-state index contributed by atoms with van der Waals surface area (Å²) >= 11 is 17.5. The second-order valence-electron chi connectivity index (χ2n) is 4.14. The number of carbonyl (C=O) groups excluding carboxylic acids is 2. The number of esters is 1. The topological polar surface area (TPSA) is 55.4 Å². The van der Waals surface area contributed by atoms with Crippen LogP contribution in [0.2, 0.25) is 15.1 Å². The lowest BCUT2D eigenvalue weighted by atomic mass is 10.2. The quantitative estimate of drug-likeness (QED) is 0.684. The van der Waals surface area contributed by atoms with Crippen molar-refractivity contribution in [3.8, 4) is 0 Å². The lowest BCUT2D eigenvalue weighted by Crippen LogP contribution is -2.30. The molecule has 1 N–H and O–H groups in total. The minimum absolute atomic E-state index is 0.0155. The Bertz CT molecular complexity index is 529. The van der Waals surface area contributed by atoms with Crippen molar-refractivity contribution in [1.29, 1.82) is 0 Å². The molecular formula is C12H10Cl3NO3. The van der Waals surface area contributed by atoms with Crippen LogP contribution in [0.5, 0.6) is 0 Å². The van der Waals surface area contributed by atoms with Gasteiger partial charge in [0.1, 0.15) is 0 Å². The number of nitrogens with one attached hydrogen (secondary N) is 1. The van der Waals surface area contributed by atoms with Gasteiger partial charge in [0, 0.05) is 6.04 Å². The van der Waals surface area contributed by atoms with Gasteiger partial charge >= 0.3 is 5.97 Å². The van der Waals surface area contributed by atoms with Crippen molar-refractivity contribution < 1.29 is 14.3 Å². The van der Waals surface area contributed by atoms with Crippen molar-refractivity contribution in [2.24, 2.45) is 0 Å². The van der Waals surface area contributed by atoms with Crippen molar-refractivity contribution in [2.45, 2.75) is 18.9 Å².